The molecule has 0 spiro atoms. The first-order valence-electron chi connectivity index (χ1n) is 6.38. The van der Waals surface area contributed by atoms with Gasteiger partial charge < -0.3 is 5.73 Å². The minimum atomic E-state index is -0.698. The highest BCUT2D eigenvalue weighted by atomic mass is 32.1. The van der Waals surface area contributed by atoms with Crippen molar-refractivity contribution in [3.8, 4) is 0 Å². The number of nitrogens with zero attached hydrogens (tertiary/aromatic N) is 3. The van der Waals surface area contributed by atoms with Crippen molar-refractivity contribution < 1.29 is 4.79 Å². The second-order valence-corrected chi connectivity index (χ2v) is 5.98. The Morgan fingerprint density at radius 3 is 2.95 bits per heavy atom. The molecule has 0 radical (unpaired) electrons. The monoisotopic (exact) mass is 289 g/mol. The van der Waals surface area contributed by atoms with Crippen LogP contribution in [-0.2, 0) is 12.8 Å². The largest absolute Gasteiger partial charge is 0.364 e. The van der Waals surface area contributed by atoms with Crippen LogP contribution in [0.2, 0.25) is 0 Å². The van der Waals surface area contributed by atoms with Gasteiger partial charge in [-0.15, -0.1) is 16.4 Å². The van der Waals surface area contributed by atoms with Gasteiger partial charge in [0.15, 0.2) is 11.3 Å². The van der Waals surface area contributed by atoms with Crippen LogP contribution < -0.4 is 11.3 Å². The first-order valence-corrected chi connectivity index (χ1v) is 7.19. The third kappa shape index (κ3) is 1.39. The standard InChI is InChI=1S/C12H11N5O2S/c13-9(18)8-10-14-11(19)7-5-3-1-2-4-6(5)20-12(7)17(10)16-15-8/h16H,1-4H2,(H2,13,18). The number of hydrogen-bond acceptors (Lipinski definition) is 5. The van der Waals surface area contributed by atoms with Crippen molar-refractivity contribution in [2.24, 2.45) is 5.73 Å². The number of fused-ring (bicyclic) bond motifs is 5. The van der Waals surface area contributed by atoms with Crippen LogP contribution in [0.4, 0.5) is 0 Å². The molecule has 1 aliphatic carbocycles. The van der Waals surface area contributed by atoms with E-state index in [1.807, 2.05) is 0 Å². The molecule has 102 valence electrons. The Balaban J connectivity index is 2.18. The Kier molecular flexibility index (Phi) is 2.25. The average molecular weight is 289 g/mol. The van der Waals surface area contributed by atoms with E-state index in [0.29, 0.717) is 5.39 Å². The van der Waals surface area contributed by atoms with Crippen molar-refractivity contribution in [1.29, 1.82) is 0 Å². The molecule has 0 saturated carbocycles. The lowest BCUT2D eigenvalue weighted by Crippen LogP contribution is -2.15. The summed E-state index contributed by atoms with van der Waals surface area (Å²) in [5.74, 6) is -0.698. The fraction of sp³-hybridized carbons (Fsp3) is 0.333. The van der Waals surface area contributed by atoms with Crippen LogP contribution in [0.5, 0.6) is 0 Å². The zero-order valence-corrected chi connectivity index (χ0v) is 11.3. The maximum atomic E-state index is 12.3. The van der Waals surface area contributed by atoms with Crippen molar-refractivity contribution in [1.82, 2.24) is 19.8 Å². The van der Waals surface area contributed by atoms with E-state index >= 15 is 0 Å². The molecule has 20 heavy (non-hydrogen) atoms. The smallest absolute Gasteiger partial charge is 0.282 e. The van der Waals surface area contributed by atoms with Crippen LogP contribution >= 0.6 is 11.3 Å². The number of amides is 1. The molecule has 1 aliphatic rings. The van der Waals surface area contributed by atoms with E-state index in [9.17, 15) is 9.59 Å². The summed E-state index contributed by atoms with van der Waals surface area (Å²) >= 11 is 1.57. The Hall–Kier alpha value is -2.22. The van der Waals surface area contributed by atoms with Crippen molar-refractivity contribution in [2.45, 2.75) is 25.7 Å². The molecular formula is C12H11N5O2S. The molecule has 0 aliphatic heterocycles. The van der Waals surface area contributed by atoms with Gasteiger partial charge in [0.2, 0.25) is 0 Å². The Morgan fingerprint density at radius 1 is 1.35 bits per heavy atom. The van der Waals surface area contributed by atoms with E-state index in [1.165, 1.54) is 4.88 Å². The summed E-state index contributed by atoms with van der Waals surface area (Å²) in [6.45, 7) is 0. The first-order chi connectivity index (χ1) is 9.66. The van der Waals surface area contributed by atoms with E-state index in [2.05, 4.69) is 15.3 Å². The Labute approximate surface area is 116 Å². The van der Waals surface area contributed by atoms with E-state index < -0.39 is 5.91 Å². The molecule has 3 aromatic rings. The minimum absolute atomic E-state index is 0.00429. The molecule has 3 aromatic heterocycles. The van der Waals surface area contributed by atoms with Gasteiger partial charge in [-0.2, -0.15) is 4.98 Å². The number of aromatic nitrogens is 4. The number of carbonyl (C=O) groups is 1. The summed E-state index contributed by atoms with van der Waals surface area (Å²) in [4.78, 5) is 29.6. The number of hydrogen-bond donors (Lipinski definition) is 2. The summed E-state index contributed by atoms with van der Waals surface area (Å²) in [7, 11) is 0. The summed E-state index contributed by atoms with van der Waals surface area (Å²) in [6.07, 6.45) is 4.14. The number of primary amides is 1. The minimum Gasteiger partial charge on any atom is -0.364 e. The van der Waals surface area contributed by atoms with Crippen LogP contribution in [0.1, 0.15) is 33.8 Å². The summed E-state index contributed by atoms with van der Waals surface area (Å²) in [5, 5.41) is 7.24. The lowest BCUT2D eigenvalue weighted by atomic mass is 9.97. The van der Waals surface area contributed by atoms with Gasteiger partial charge in [0.1, 0.15) is 4.83 Å². The van der Waals surface area contributed by atoms with Gasteiger partial charge in [-0.1, -0.05) is 0 Å². The van der Waals surface area contributed by atoms with Crippen LogP contribution in [0.25, 0.3) is 15.9 Å². The van der Waals surface area contributed by atoms with Gasteiger partial charge in [-0.3, -0.25) is 9.59 Å². The quantitative estimate of drug-likeness (QED) is 0.684. The van der Waals surface area contributed by atoms with E-state index in [0.717, 1.165) is 36.1 Å². The number of carbonyl (C=O) groups excluding carboxylic acids is 1. The number of nitrogens with two attached hydrogens (primary N) is 1. The number of aromatic amines is 1. The zero-order chi connectivity index (χ0) is 13.9. The third-order valence-electron chi connectivity index (χ3n) is 3.70. The molecule has 3 heterocycles. The van der Waals surface area contributed by atoms with Crippen molar-refractivity contribution in [3.05, 3.63) is 26.5 Å². The summed E-state index contributed by atoms with van der Waals surface area (Å²) < 4.78 is 1.58. The second kappa shape index (κ2) is 3.89. The Morgan fingerprint density at radius 2 is 2.15 bits per heavy atom. The van der Waals surface area contributed by atoms with Gasteiger partial charge in [0.25, 0.3) is 11.5 Å². The summed E-state index contributed by atoms with van der Waals surface area (Å²) in [6, 6.07) is 0. The topological polar surface area (TPSA) is 106 Å². The van der Waals surface area contributed by atoms with E-state index in [1.54, 1.807) is 15.9 Å². The molecule has 8 heteroatoms. The second-order valence-electron chi connectivity index (χ2n) is 4.89. The average Bonchev–Trinajstić information content (AvgIpc) is 2.99. The highest BCUT2D eigenvalue weighted by Gasteiger charge is 2.23. The number of rotatable bonds is 1. The van der Waals surface area contributed by atoms with Gasteiger partial charge in [-0.25, -0.2) is 9.73 Å². The van der Waals surface area contributed by atoms with E-state index in [4.69, 9.17) is 5.73 Å². The van der Waals surface area contributed by atoms with Gasteiger partial charge >= 0.3 is 0 Å². The number of nitrogens with one attached hydrogen (secondary N) is 1. The van der Waals surface area contributed by atoms with Crippen LogP contribution in [0.15, 0.2) is 4.79 Å². The molecule has 0 aromatic carbocycles. The SMILES string of the molecule is NC(=O)c1n[nH]n2c1nc(=O)c1c3c(sc12)CCCC3. The molecule has 0 unspecified atom stereocenters. The molecule has 0 bridgehead atoms. The molecular weight excluding hydrogens is 278 g/mol. The van der Waals surface area contributed by atoms with Crippen molar-refractivity contribution >= 4 is 33.1 Å². The zero-order valence-electron chi connectivity index (χ0n) is 10.5. The maximum Gasteiger partial charge on any atom is 0.282 e. The Bertz CT molecular complexity index is 919. The van der Waals surface area contributed by atoms with Gasteiger partial charge in [0, 0.05) is 4.88 Å². The summed E-state index contributed by atoms with van der Waals surface area (Å²) in [5.41, 5.74) is 6.25. The normalized spacial score (nSPS) is 14.8. The van der Waals surface area contributed by atoms with E-state index in [-0.39, 0.29) is 16.9 Å². The van der Waals surface area contributed by atoms with Crippen LogP contribution in [-0.4, -0.2) is 25.7 Å². The molecule has 7 nitrogen and oxygen atoms in total. The predicted molar refractivity (Wildman–Crippen MR) is 74.2 cm³/mol. The number of aryl methyl sites for hydroxylation is 2. The number of thiophene rings is 1. The predicted octanol–water partition coefficient (Wildman–Crippen LogP) is 0.610. The highest BCUT2D eigenvalue weighted by Crippen LogP contribution is 2.34. The molecule has 0 fully saturated rings. The number of H-pyrrole nitrogens is 1. The fourth-order valence-electron chi connectivity index (χ4n) is 2.79. The van der Waals surface area contributed by atoms with Crippen LogP contribution in [0, 0.1) is 0 Å². The first kappa shape index (κ1) is 11.6. The van der Waals surface area contributed by atoms with Crippen molar-refractivity contribution in [2.75, 3.05) is 0 Å². The highest BCUT2D eigenvalue weighted by molar-refractivity contribution is 7.18. The maximum absolute atomic E-state index is 12.3. The molecule has 3 N–H and O–H groups in total. The lowest BCUT2D eigenvalue weighted by molar-refractivity contribution is 0.0997. The van der Waals surface area contributed by atoms with Crippen LogP contribution in [0.3, 0.4) is 0 Å². The van der Waals surface area contributed by atoms with Crippen molar-refractivity contribution in [3.63, 3.8) is 0 Å². The fourth-order valence-corrected chi connectivity index (χ4v) is 4.13. The molecule has 0 atom stereocenters. The molecule has 1 amide bonds. The van der Waals surface area contributed by atoms with Gasteiger partial charge in [0.05, 0.1) is 5.39 Å². The van der Waals surface area contributed by atoms with Gasteiger partial charge in [-0.05, 0) is 31.2 Å². The lowest BCUT2D eigenvalue weighted by Gasteiger charge is -2.09. The third-order valence-corrected chi connectivity index (χ3v) is 4.97. The molecule has 4 rings (SSSR count). The molecule has 0 saturated heterocycles.